The van der Waals surface area contributed by atoms with Gasteiger partial charge in [-0.25, -0.2) is 9.67 Å². The summed E-state index contributed by atoms with van der Waals surface area (Å²) in [5.41, 5.74) is 2.08. The maximum absolute atomic E-state index is 12.9. The fourth-order valence-electron chi connectivity index (χ4n) is 2.87. The summed E-state index contributed by atoms with van der Waals surface area (Å²) < 4.78 is 1.85. The molecule has 7 nitrogen and oxygen atoms in total. The highest BCUT2D eigenvalue weighted by Gasteiger charge is 2.18. The van der Waals surface area contributed by atoms with E-state index in [9.17, 15) is 4.79 Å². The van der Waals surface area contributed by atoms with Crippen LogP contribution in [0.5, 0.6) is 0 Å². The van der Waals surface area contributed by atoms with Crippen molar-refractivity contribution in [1.29, 1.82) is 0 Å². The maximum Gasteiger partial charge on any atom is 0.252 e. The molecule has 0 fully saturated rings. The SMILES string of the molecule is CC(C)n1ncc2c(C(=O)NCCN(C)CCO)cc(-c3cccs3)nc21. The van der Waals surface area contributed by atoms with Crippen molar-refractivity contribution in [3.8, 4) is 10.6 Å². The van der Waals surface area contributed by atoms with Gasteiger partial charge in [-0.1, -0.05) is 6.07 Å². The average Bonchev–Trinajstić information content (AvgIpc) is 3.30. The predicted molar refractivity (Wildman–Crippen MR) is 108 cm³/mol. The summed E-state index contributed by atoms with van der Waals surface area (Å²) >= 11 is 1.59. The smallest absolute Gasteiger partial charge is 0.252 e. The van der Waals surface area contributed by atoms with Gasteiger partial charge in [0.25, 0.3) is 5.91 Å². The number of thiophene rings is 1. The number of likely N-dealkylation sites (N-methyl/N-ethyl adjacent to an activating group) is 1. The largest absolute Gasteiger partial charge is 0.395 e. The number of amides is 1. The van der Waals surface area contributed by atoms with Crippen molar-refractivity contribution in [3.05, 3.63) is 35.3 Å². The summed E-state index contributed by atoms with van der Waals surface area (Å²) in [5.74, 6) is -0.138. The number of hydrogen-bond donors (Lipinski definition) is 2. The number of carbonyl (C=O) groups is 1. The first-order chi connectivity index (χ1) is 13.0. The molecule has 0 atom stereocenters. The van der Waals surface area contributed by atoms with Crippen LogP contribution in [-0.4, -0.2) is 64.0 Å². The molecule has 3 aromatic heterocycles. The Labute approximate surface area is 162 Å². The van der Waals surface area contributed by atoms with E-state index in [0.717, 1.165) is 21.6 Å². The van der Waals surface area contributed by atoms with E-state index in [2.05, 4.69) is 10.4 Å². The zero-order valence-electron chi connectivity index (χ0n) is 15.8. The summed E-state index contributed by atoms with van der Waals surface area (Å²) in [7, 11) is 1.91. The summed E-state index contributed by atoms with van der Waals surface area (Å²) in [6.07, 6.45) is 1.72. The Bertz CT molecular complexity index is 904. The van der Waals surface area contributed by atoms with Crippen LogP contribution in [0.1, 0.15) is 30.2 Å². The van der Waals surface area contributed by atoms with E-state index in [-0.39, 0.29) is 18.6 Å². The van der Waals surface area contributed by atoms with Gasteiger partial charge in [-0.15, -0.1) is 11.3 Å². The van der Waals surface area contributed by atoms with E-state index < -0.39 is 0 Å². The van der Waals surface area contributed by atoms with Crippen LogP contribution in [0.25, 0.3) is 21.6 Å². The molecule has 0 aliphatic carbocycles. The lowest BCUT2D eigenvalue weighted by Gasteiger charge is -2.15. The molecule has 0 bridgehead atoms. The first kappa shape index (κ1) is 19.5. The van der Waals surface area contributed by atoms with Crippen molar-refractivity contribution in [2.75, 3.05) is 33.3 Å². The molecule has 0 spiro atoms. The Hall–Kier alpha value is -2.29. The zero-order chi connectivity index (χ0) is 19.4. The van der Waals surface area contributed by atoms with Gasteiger partial charge >= 0.3 is 0 Å². The van der Waals surface area contributed by atoms with Gasteiger partial charge in [-0.2, -0.15) is 5.10 Å². The monoisotopic (exact) mass is 387 g/mol. The summed E-state index contributed by atoms with van der Waals surface area (Å²) in [5, 5.41) is 19.1. The van der Waals surface area contributed by atoms with Crippen molar-refractivity contribution >= 4 is 28.3 Å². The predicted octanol–water partition coefficient (Wildman–Crippen LogP) is 2.39. The second kappa shape index (κ2) is 8.60. The topological polar surface area (TPSA) is 83.3 Å². The molecular weight excluding hydrogens is 362 g/mol. The van der Waals surface area contributed by atoms with Gasteiger partial charge in [-0.3, -0.25) is 4.79 Å². The van der Waals surface area contributed by atoms with E-state index in [1.807, 2.05) is 54.1 Å². The molecule has 3 heterocycles. The third-order valence-corrected chi connectivity index (χ3v) is 5.23. The molecule has 8 heteroatoms. The van der Waals surface area contributed by atoms with Crippen LogP contribution in [0.2, 0.25) is 0 Å². The Morgan fingerprint density at radius 2 is 2.22 bits per heavy atom. The molecule has 0 aliphatic rings. The standard InChI is InChI=1S/C19H25N5O2S/c1-13(2)24-18-15(12-21-24)14(11-16(22-18)17-5-4-10-27-17)19(26)20-6-7-23(3)8-9-25/h4-5,10-13,25H,6-9H2,1-3H3,(H,20,26). The maximum atomic E-state index is 12.9. The second-order valence-corrected chi connectivity index (χ2v) is 7.68. The van der Waals surface area contributed by atoms with Crippen LogP contribution < -0.4 is 5.32 Å². The number of rotatable bonds is 8. The summed E-state index contributed by atoms with van der Waals surface area (Å²) in [4.78, 5) is 20.6. The van der Waals surface area contributed by atoms with Gasteiger partial charge in [0, 0.05) is 25.7 Å². The van der Waals surface area contributed by atoms with Crippen LogP contribution in [0.4, 0.5) is 0 Å². The normalized spacial score (nSPS) is 11.6. The summed E-state index contributed by atoms with van der Waals surface area (Å²) in [6, 6.07) is 5.97. The lowest BCUT2D eigenvalue weighted by atomic mass is 10.1. The first-order valence-electron chi connectivity index (χ1n) is 9.01. The Kier molecular flexibility index (Phi) is 6.20. The number of aliphatic hydroxyl groups is 1. The fourth-order valence-corrected chi connectivity index (χ4v) is 3.56. The minimum atomic E-state index is -0.138. The Morgan fingerprint density at radius 1 is 1.41 bits per heavy atom. The number of carbonyl (C=O) groups excluding carboxylic acids is 1. The molecule has 1 amide bonds. The van der Waals surface area contributed by atoms with Crippen molar-refractivity contribution in [1.82, 2.24) is 25.0 Å². The van der Waals surface area contributed by atoms with Crippen molar-refractivity contribution in [2.24, 2.45) is 0 Å². The molecule has 0 saturated carbocycles. The van der Waals surface area contributed by atoms with Crippen LogP contribution >= 0.6 is 11.3 Å². The molecule has 0 saturated heterocycles. The highest BCUT2D eigenvalue weighted by molar-refractivity contribution is 7.13. The average molecular weight is 388 g/mol. The van der Waals surface area contributed by atoms with Gasteiger partial charge in [0.2, 0.25) is 0 Å². The van der Waals surface area contributed by atoms with Gasteiger partial charge in [-0.05, 0) is 38.4 Å². The van der Waals surface area contributed by atoms with E-state index in [4.69, 9.17) is 10.1 Å². The van der Waals surface area contributed by atoms with E-state index in [1.54, 1.807) is 17.5 Å². The molecular formula is C19H25N5O2S. The molecule has 0 aliphatic heterocycles. The van der Waals surface area contributed by atoms with E-state index in [1.165, 1.54) is 0 Å². The van der Waals surface area contributed by atoms with Gasteiger partial charge in [0.05, 0.1) is 34.3 Å². The van der Waals surface area contributed by atoms with E-state index >= 15 is 0 Å². The molecule has 2 N–H and O–H groups in total. The number of nitrogens with one attached hydrogen (secondary N) is 1. The second-order valence-electron chi connectivity index (χ2n) is 6.74. The summed E-state index contributed by atoms with van der Waals surface area (Å²) in [6.45, 7) is 5.95. The molecule has 0 radical (unpaired) electrons. The molecule has 144 valence electrons. The van der Waals surface area contributed by atoms with Crippen LogP contribution in [0, 0.1) is 0 Å². The Balaban J connectivity index is 1.92. The number of hydrogen-bond acceptors (Lipinski definition) is 6. The lowest BCUT2D eigenvalue weighted by molar-refractivity contribution is 0.0950. The van der Waals surface area contributed by atoms with E-state index in [0.29, 0.717) is 25.2 Å². The van der Waals surface area contributed by atoms with Gasteiger partial charge < -0.3 is 15.3 Å². The van der Waals surface area contributed by atoms with Crippen molar-refractivity contribution in [3.63, 3.8) is 0 Å². The van der Waals surface area contributed by atoms with Crippen LogP contribution in [-0.2, 0) is 0 Å². The zero-order valence-corrected chi connectivity index (χ0v) is 16.7. The van der Waals surface area contributed by atoms with Crippen LogP contribution in [0.3, 0.4) is 0 Å². The molecule has 3 aromatic rings. The number of fused-ring (bicyclic) bond motifs is 1. The van der Waals surface area contributed by atoms with Crippen LogP contribution in [0.15, 0.2) is 29.8 Å². The lowest BCUT2D eigenvalue weighted by Crippen LogP contribution is -2.34. The van der Waals surface area contributed by atoms with Crippen molar-refractivity contribution in [2.45, 2.75) is 19.9 Å². The molecule has 0 aromatic carbocycles. The number of aliphatic hydroxyl groups excluding tert-OH is 1. The highest BCUT2D eigenvalue weighted by Crippen LogP contribution is 2.28. The van der Waals surface area contributed by atoms with Gasteiger partial charge in [0.15, 0.2) is 5.65 Å². The van der Waals surface area contributed by atoms with Gasteiger partial charge in [0.1, 0.15) is 0 Å². The third-order valence-electron chi connectivity index (χ3n) is 4.33. The third kappa shape index (κ3) is 4.35. The quantitative estimate of drug-likeness (QED) is 0.620. The highest BCUT2D eigenvalue weighted by atomic mass is 32.1. The van der Waals surface area contributed by atoms with Crippen molar-refractivity contribution < 1.29 is 9.90 Å². The number of aromatic nitrogens is 3. The molecule has 0 unspecified atom stereocenters. The minimum absolute atomic E-state index is 0.105. The molecule has 3 rings (SSSR count). The number of nitrogens with zero attached hydrogens (tertiary/aromatic N) is 4. The fraction of sp³-hybridized carbons (Fsp3) is 0.421. The Morgan fingerprint density at radius 3 is 2.89 bits per heavy atom. The first-order valence-corrected chi connectivity index (χ1v) is 9.89. The minimum Gasteiger partial charge on any atom is -0.395 e. The number of pyridine rings is 1. The molecule has 27 heavy (non-hydrogen) atoms.